The van der Waals surface area contributed by atoms with E-state index in [9.17, 15) is 21.2 Å². The van der Waals surface area contributed by atoms with E-state index >= 15 is 0 Å². The van der Waals surface area contributed by atoms with Gasteiger partial charge in [-0.05, 0) is 61.0 Å². The molecule has 2 aromatic rings. The molecule has 0 bridgehead atoms. The van der Waals surface area contributed by atoms with E-state index in [2.05, 4.69) is 5.32 Å². The van der Waals surface area contributed by atoms with E-state index in [4.69, 9.17) is 9.47 Å². The average molecular weight is 458 g/mol. The Morgan fingerprint density at radius 2 is 1.77 bits per heavy atom. The van der Waals surface area contributed by atoms with Crippen LogP contribution in [0.3, 0.4) is 0 Å². The minimum Gasteiger partial charge on any atom is -0.497 e. The summed E-state index contributed by atoms with van der Waals surface area (Å²) in [5.74, 6) is 0.0215. The highest BCUT2D eigenvalue weighted by molar-refractivity contribution is 7.96. The van der Waals surface area contributed by atoms with Gasteiger partial charge in [0.2, 0.25) is 0 Å². The molecule has 10 heteroatoms. The largest absolute Gasteiger partial charge is 0.497 e. The van der Waals surface area contributed by atoms with Crippen LogP contribution >= 0.6 is 0 Å². The van der Waals surface area contributed by atoms with Crippen LogP contribution in [0.25, 0.3) is 0 Å². The Morgan fingerprint density at radius 1 is 1.07 bits per heavy atom. The number of nitrogens with one attached hydrogen (secondary N) is 1. The number of halogens is 1. The molecule has 2 atom stereocenters. The maximum atomic E-state index is 13.2. The fraction of sp³-hybridized carbons (Fsp3) is 0.400. The topological polar surface area (TPSA) is 98.8 Å². The van der Waals surface area contributed by atoms with Crippen LogP contribution in [0.5, 0.6) is 11.5 Å². The van der Waals surface area contributed by atoms with Crippen LogP contribution in [0.15, 0.2) is 47.4 Å². The molecule has 1 heterocycles. The van der Waals surface area contributed by atoms with E-state index in [0.717, 1.165) is 29.8 Å². The van der Waals surface area contributed by atoms with Crippen molar-refractivity contribution in [2.24, 2.45) is 0 Å². The van der Waals surface area contributed by atoms with Gasteiger partial charge in [-0.1, -0.05) is 0 Å². The lowest BCUT2D eigenvalue weighted by atomic mass is 10.1. The number of rotatable bonds is 8. The van der Waals surface area contributed by atoms with Crippen molar-refractivity contribution < 1.29 is 30.7 Å². The second-order valence-electron chi connectivity index (χ2n) is 7.10. The van der Waals surface area contributed by atoms with Gasteiger partial charge in [-0.3, -0.25) is 0 Å². The SMILES string of the molecule is COc1ccc(OC)c(CCN[C@@H]2CS(=O)(=O)C[C@H]2S(=O)(=O)c2ccc(F)cc2)c1. The van der Waals surface area contributed by atoms with E-state index < -0.39 is 42.5 Å². The summed E-state index contributed by atoms with van der Waals surface area (Å²) in [7, 11) is -4.37. The first-order valence-corrected chi connectivity index (χ1v) is 12.7. The second kappa shape index (κ2) is 8.91. The van der Waals surface area contributed by atoms with Gasteiger partial charge in [0.1, 0.15) is 17.3 Å². The fourth-order valence-corrected chi connectivity index (χ4v) is 8.30. The van der Waals surface area contributed by atoms with Gasteiger partial charge in [-0.25, -0.2) is 21.2 Å². The zero-order valence-corrected chi connectivity index (χ0v) is 18.3. The van der Waals surface area contributed by atoms with Crippen LogP contribution in [0.4, 0.5) is 4.39 Å². The van der Waals surface area contributed by atoms with Gasteiger partial charge in [0.15, 0.2) is 19.7 Å². The molecule has 1 fully saturated rings. The van der Waals surface area contributed by atoms with E-state index in [1.165, 1.54) is 0 Å². The Labute approximate surface area is 176 Å². The first kappa shape index (κ1) is 22.5. The molecule has 0 unspecified atom stereocenters. The molecule has 1 N–H and O–H groups in total. The smallest absolute Gasteiger partial charge is 0.183 e. The number of ether oxygens (including phenoxy) is 2. The van der Waals surface area contributed by atoms with Crippen LogP contribution in [0.2, 0.25) is 0 Å². The monoisotopic (exact) mass is 457 g/mol. The summed E-state index contributed by atoms with van der Waals surface area (Å²) >= 11 is 0. The van der Waals surface area contributed by atoms with Crippen molar-refractivity contribution in [1.82, 2.24) is 5.32 Å². The number of hydrogen-bond acceptors (Lipinski definition) is 7. The molecule has 1 aliphatic heterocycles. The molecule has 7 nitrogen and oxygen atoms in total. The van der Waals surface area contributed by atoms with Gasteiger partial charge in [-0.2, -0.15) is 0 Å². The predicted octanol–water partition coefficient (Wildman–Crippen LogP) is 1.61. The van der Waals surface area contributed by atoms with Crippen molar-refractivity contribution in [3.63, 3.8) is 0 Å². The maximum Gasteiger partial charge on any atom is 0.183 e. The lowest BCUT2D eigenvalue weighted by Crippen LogP contribution is -2.44. The maximum absolute atomic E-state index is 13.2. The molecule has 1 saturated heterocycles. The molecule has 0 aromatic heterocycles. The number of hydrogen-bond donors (Lipinski definition) is 1. The number of benzene rings is 2. The number of sulfone groups is 2. The molecule has 0 radical (unpaired) electrons. The first-order chi connectivity index (χ1) is 14.2. The lowest BCUT2D eigenvalue weighted by molar-refractivity contribution is 0.398. The van der Waals surface area contributed by atoms with E-state index in [0.29, 0.717) is 24.5 Å². The summed E-state index contributed by atoms with van der Waals surface area (Å²) < 4.78 is 74.1. The summed E-state index contributed by atoms with van der Waals surface area (Å²) in [6, 6.07) is 9.02. The zero-order chi connectivity index (χ0) is 21.9. The third kappa shape index (κ3) is 4.93. The highest BCUT2D eigenvalue weighted by atomic mass is 32.2. The van der Waals surface area contributed by atoms with Crippen LogP contribution < -0.4 is 14.8 Å². The van der Waals surface area contributed by atoms with E-state index in [1.54, 1.807) is 26.4 Å². The van der Waals surface area contributed by atoms with Crippen LogP contribution in [0, 0.1) is 5.82 Å². The Balaban J connectivity index is 1.77. The Kier molecular flexibility index (Phi) is 6.68. The highest BCUT2D eigenvalue weighted by Gasteiger charge is 2.45. The summed E-state index contributed by atoms with van der Waals surface area (Å²) in [6.07, 6.45) is 0.486. The zero-order valence-electron chi connectivity index (χ0n) is 16.7. The second-order valence-corrected chi connectivity index (χ2v) is 11.4. The Bertz CT molecular complexity index is 1100. The van der Waals surface area contributed by atoms with Crippen LogP contribution in [-0.4, -0.2) is 60.4 Å². The van der Waals surface area contributed by atoms with Crippen molar-refractivity contribution in [2.75, 3.05) is 32.3 Å². The van der Waals surface area contributed by atoms with Crippen molar-refractivity contribution >= 4 is 19.7 Å². The fourth-order valence-electron chi connectivity index (χ4n) is 3.58. The third-order valence-electron chi connectivity index (χ3n) is 5.13. The van der Waals surface area contributed by atoms with Gasteiger partial charge < -0.3 is 14.8 Å². The van der Waals surface area contributed by atoms with Crippen molar-refractivity contribution in [2.45, 2.75) is 22.6 Å². The molecular formula is C20H24FNO6S2. The van der Waals surface area contributed by atoms with Crippen molar-refractivity contribution in [3.05, 3.63) is 53.8 Å². The van der Waals surface area contributed by atoms with Crippen LogP contribution in [0.1, 0.15) is 5.56 Å². The molecule has 164 valence electrons. The summed E-state index contributed by atoms with van der Waals surface area (Å²) in [5.41, 5.74) is 0.850. The molecule has 1 aliphatic rings. The third-order valence-corrected chi connectivity index (χ3v) is 9.30. The Hall–Kier alpha value is -2.17. The van der Waals surface area contributed by atoms with Gasteiger partial charge in [-0.15, -0.1) is 0 Å². The van der Waals surface area contributed by atoms with Crippen molar-refractivity contribution in [1.29, 1.82) is 0 Å². The molecular weight excluding hydrogens is 433 g/mol. The van der Waals surface area contributed by atoms with Gasteiger partial charge in [0, 0.05) is 6.04 Å². The minimum absolute atomic E-state index is 0.0905. The summed E-state index contributed by atoms with van der Waals surface area (Å²) in [5, 5.41) is 1.94. The quantitative estimate of drug-likeness (QED) is 0.602. The van der Waals surface area contributed by atoms with Gasteiger partial charge in [0.05, 0.1) is 35.9 Å². The molecule has 30 heavy (non-hydrogen) atoms. The first-order valence-electron chi connectivity index (χ1n) is 9.30. The molecule has 0 spiro atoms. The molecule has 2 aromatic carbocycles. The molecule has 3 rings (SSSR count). The average Bonchev–Trinajstić information content (AvgIpc) is 3.03. The van der Waals surface area contributed by atoms with Crippen molar-refractivity contribution in [3.8, 4) is 11.5 Å². The molecule has 0 amide bonds. The lowest BCUT2D eigenvalue weighted by Gasteiger charge is -2.20. The Morgan fingerprint density at radius 3 is 2.40 bits per heavy atom. The number of methoxy groups -OCH3 is 2. The molecule has 0 saturated carbocycles. The van der Waals surface area contributed by atoms with E-state index in [-0.39, 0.29) is 10.6 Å². The van der Waals surface area contributed by atoms with E-state index in [1.807, 2.05) is 6.07 Å². The predicted molar refractivity (Wildman–Crippen MR) is 111 cm³/mol. The summed E-state index contributed by atoms with van der Waals surface area (Å²) in [6.45, 7) is 0.346. The van der Waals surface area contributed by atoms with Crippen LogP contribution in [-0.2, 0) is 26.1 Å². The van der Waals surface area contributed by atoms with Gasteiger partial charge >= 0.3 is 0 Å². The summed E-state index contributed by atoms with van der Waals surface area (Å²) in [4.78, 5) is -0.0905. The normalized spacial score (nSPS) is 20.8. The standard InChI is InChI=1S/C20H24FNO6S2/c1-27-16-5-8-19(28-2)14(11-16)9-10-22-18-12-29(23,24)13-20(18)30(25,26)17-6-3-15(21)4-7-17/h3-8,11,18,20,22H,9-10,12-13H2,1-2H3/t18-,20-/m1/s1. The van der Waals surface area contributed by atoms with Gasteiger partial charge in [0.25, 0.3) is 0 Å². The minimum atomic E-state index is -3.95. The molecule has 0 aliphatic carbocycles. The highest BCUT2D eigenvalue weighted by Crippen LogP contribution is 2.27.